The Hall–Kier alpha value is -1.25. The average Bonchev–Trinajstić information content (AvgIpc) is 2.33. The van der Waals surface area contributed by atoms with Gasteiger partial charge >= 0.3 is 0 Å². The van der Waals surface area contributed by atoms with E-state index in [1.165, 1.54) is 12.8 Å². The summed E-state index contributed by atoms with van der Waals surface area (Å²) in [5, 5.41) is 3.32. The van der Waals surface area contributed by atoms with E-state index >= 15 is 0 Å². The molecule has 0 aromatic rings. The topological polar surface area (TPSA) is 55.1 Å². The highest BCUT2D eigenvalue weighted by atomic mass is 16.1. The molecule has 0 bridgehead atoms. The quantitative estimate of drug-likeness (QED) is 0.695. The SMILES string of the molecule is C=C1C(=O)C(N)=C1NC(C)CC(C)CC(C)(C)CC. The van der Waals surface area contributed by atoms with Gasteiger partial charge in [-0.2, -0.15) is 0 Å². The summed E-state index contributed by atoms with van der Waals surface area (Å²) in [6.45, 7) is 15.0. The van der Waals surface area contributed by atoms with Crippen molar-refractivity contribution in [3.63, 3.8) is 0 Å². The molecular formula is C16H28N2O. The zero-order valence-corrected chi connectivity index (χ0v) is 13.0. The van der Waals surface area contributed by atoms with Crippen molar-refractivity contribution in [1.29, 1.82) is 0 Å². The number of Topliss-reactive ketones (excluding diaryl/α,β-unsaturated/α-hetero) is 1. The minimum Gasteiger partial charge on any atom is -0.394 e. The number of carbonyl (C=O) groups is 1. The zero-order chi connectivity index (χ0) is 14.8. The molecule has 1 aliphatic carbocycles. The molecule has 3 N–H and O–H groups in total. The third-order valence-electron chi connectivity index (χ3n) is 4.09. The van der Waals surface area contributed by atoms with Crippen LogP contribution in [0.2, 0.25) is 0 Å². The Morgan fingerprint density at radius 3 is 2.42 bits per heavy atom. The summed E-state index contributed by atoms with van der Waals surface area (Å²) in [4.78, 5) is 11.3. The van der Waals surface area contributed by atoms with E-state index < -0.39 is 0 Å². The predicted octanol–water partition coefficient (Wildman–Crippen LogP) is 3.13. The van der Waals surface area contributed by atoms with Crippen LogP contribution in [-0.2, 0) is 4.79 Å². The van der Waals surface area contributed by atoms with Crippen LogP contribution in [0.15, 0.2) is 23.5 Å². The van der Waals surface area contributed by atoms with Crippen LogP contribution in [0.1, 0.15) is 53.9 Å². The second kappa shape index (κ2) is 5.81. The number of hydrogen-bond acceptors (Lipinski definition) is 3. The first kappa shape index (κ1) is 15.8. The maximum Gasteiger partial charge on any atom is 0.212 e. The number of nitrogens with two attached hydrogens (primary N) is 1. The molecule has 1 aliphatic rings. The Morgan fingerprint density at radius 2 is 1.95 bits per heavy atom. The summed E-state index contributed by atoms with van der Waals surface area (Å²) in [5.74, 6) is 0.526. The standard InChI is InChI=1S/C16H28N2O/c1-7-16(5,6)9-10(2)8-11(3)18-14-12(4)15(19)13(14)17/h10-11,18H,4,7-9,17H2,1-3,5-6H3. The van der Waals surface area contributed by atoms with Crippen LogP contribution in [0.4, 0.5) is 0 Å². The zero-order valence-electron chi connectivity index (χ0n) is 13.0. The maximum atomic E-state index is 11.3. The minimum atomic E-state index is -0.116. The van der Waals surface area contributed by atoms with Crippen molar-refractivity contribution < 1.29 is 4.79 Å². The number of ketones is 1. The Labute approximate surface area is 117 Å². The predicted molar refractivity (Wildman–Crippen MR) is 80.4 cm³/mol. The Morgan fingerprint density at radius 1 is 1.37 bits per heavy atom. The fraction of sp³-hybridized carbons (Fsp3) is 0.688. The number of rotatable bonds is 7. The third kappa shape index (κ3) is 3.85. The van der Waals surface area contributed by atoms with Gasteiger partial charge < -0.3 is 11.1 Å². The van der Waals surface area contributed by atoms with E-state index in [0.717, 1.165) is 12.1 Å². The van der Waals surface area contributed by atoms with Gasteiger partial charge in [-0.1, -0.05) is 40.7 Å². The number of allylic oxidation sites excluding steroid dienone is 2. The van der Waals surface area contributed by atoms with Gasteiger partial charge in [-0.15, -0.1) is 0 Å². The van der Waals surface area contributed by atoms with E-state index in [4.69, 9.17) is 5.73 Å². The molecule has 0 saturated carbocycles. The van der Waals surface area contributed by atoms with Gasteiger partial charge in [-0.3, -0.25) is 4.79 Å². The molecule has 0 heterocycles. The fourth-order valence-corrected chi connectivity index (χ4v) is 2.73. The van der Waals surface area contributed by atoms with Gasteiger partial charge in [0.15, 0.2) is 0 Å². The summed E-state index contributed by atoms with van der Waals surface area (Å²) in [7, 11) is 0. The molecule has 108 valence electrons. The molecule has 0 radical (unpaired) electrons. The van der Waals surface area contributed by atoms with Crippen LogP contribution in [0.5, 0.6) is 0 Å². The van der Waals surface area contributed by atoms with Gasteiger partial charge in [0.05, 0.1) is 5.70 Å². The number of carbonyl (C=O) groups excluding carboxylic acids is 1. The second-order valence-electron chi connectivity index (χ2n) is 6.70. The molecule has 1 rings (SSSR count). The third-order valence-corrected chi connectivity index (χ3v) is 4.09. The van der Waals surface area contributed by atoms with Crippen molar-refractivity contribution in [2.45, 2.75) is 59.9 Å². The van der Waals surface area contributed by atoms with E-state index in [-0.39, 0.29) is 5.78 Å². The van der Waals surface area contributed by atoms with Crippen LogP contribution < -0.4 is 11.1 Å². The molecule has 3 heteroatoms. The molecule has 2 atom stereocenters. The summed E-state index contributed by atoms with van der Waals surface area (Å²) in [6, 6.07) is 0.307. The van der Waals surface area contributed by atoms with Gasteiger partial charge in [-0.25, -0.2) is 0 Å². The number of hydrogen-bond donors (Lipinski definition) is 2. The first-order chi connectivity index (χ1) is 8.68. The van der Waals surface area contributed by atoms with Gasteiger partial charge in [0.25, 0.3) is 0 Å². The maximum absolute atomic E-state index is 11.3. The highest BCUT2D eigenvalue weighted by Crippen LogP contribution is 2.31. The van der Waals surface area contributed by atoms with Crippen molar-refractivity contribution in [3.8, 4) is 0 Å². The summed E-state index contributed by atoms with van der Waals surface area (Å²) >= 11 is 0. The summed E-state index contributed by atoms with van der Waals surface area (Å²) in [6.07, 6.45) is 3.48. The smallest absolute Gasteiger partial charge is 0.212 e. The lowest BCUT2D eigenvalue weighted by atomic mass is 9.79. The van der Waals surface area contributed by atoms with Gasteiger partial charge in [0, 0.05) is 11.6 Å². The highest BCUT2D eigenvalue weighted by molar-refractivity contribution is 6.18. The lowest BCUT2D eigenvalue weighted by Crippen LogP contribution is -2.39. The molecule has 19 heavy (non-hydrogen) atoms. The molecule has 0 aromatic heterocycles. The molecule has 2 unspecified atom stereocenters. The van der Waals surface area contributed by atoms with Crippen molar-refractivity contribution in [2.75, 3.05) is 0 Å². The van der Waals surface area contributed by atoms with Crippen molar-refractivity contribution in [2.24, 2.45) is 17.1 Å². The van der Waals surface area contributed by atoms with Crippen LogP contribution in [-0.4, -0.2) is 11.8 Å². The molecule has 0 spiro atoms. The Balaban J connectivity index is 2.46. The van der Waals surface area contributed by atoms with Gasteiger partial charge in [-0.05, 0) is 31.1 Å². The monoisotopic (exact) mass is 264 g/mol. The normalized spacial score (nSPS) is 19.2. The van der Waals surface area contributed by atoms with E-state index in [9.17, 15) is 4.79 Å². The first-order valence-corrected chi connectivity index (χ1v) is 7.18. The lowest BCUT2D eigenvalue weighted by Gasteiger charge is -2.30. The van der Waals surface area contributed by atoms with Gasteiger partial charge in [0.1, 0.15) is 5.70 Å². The van der Waals surface area contributed by atoms with Crippen LogP contribution >= 0.6 is 0 Å². The Kier molecular flexibility index (Phi) is 4.83. The average molecular weight is 264 g/mol. The van der Waals surface area contributed by atoms with Crippen LogP contribution in [0.3, 0.4) is 0 Å². The van der Waals surface area contributed by atoms with Crippen LogP contribution in [0.25, 0.3) is 0 Å². The summed E-state index contributed by atoms with van der Waals surface area (Å²) < 4.78 is 0. The highest BCUT2D eigenvalue weighted by Gasteiger charge is 2.30. The fourth-order valence-electron chi connectivity index (χ4n) is 2.73. The number of nitrogens with one attached hydrogen (secondary N) is 1. The molecule has 0 saturated heterocycles. The van der Waals surface area contributed by atoms with Crippen molar-refractivity contribution >= 4 is 5.78 Å². The molecular weight excluding hydrogens is 236 g/mol. The van der Waals surface area contributed by atoms with Gasteiger partial charge in [0.2, 0.25) is 5.78 Å². The molecule has 0 amide bonds. The van der Waals surface area contributed by atoms with E-state index in [2.05, 4.69) is 46.5 Å². The van der Waals surface area contributed by atoms with Crippen LogP contribution in [0, 0.1) is 11.3 Å². The van der Waals surface area contributed by atoms with E-state index in [0.29, 0.717) is 28.6 Å². The largest absolute Gasteiger partial charge is 0.394 e. The molecule has 0 aromatic carbocycles. The van der Waals surface area contributed by atoms with Crippen molar-refractivity contribution in [3.05, 3.63) is 23.5 Å². The molecule has 0 aliphatic heterocycles. The first-order valence-electron chi connectivity index (χ1n) is 7.18. The second-order valence-corrected chi connectivity index (χ2v) is 6.70. The summed E-state index contributed by atoms with van der Waals surface area (Å²) in [5.41, 5.74) is 7.66. The molecule has 0 fully saturated rings. The Bertz CT molecular complexity index is 407. The minimum absolute atomic E-state index is 0.116. The van der Waals surface area contributed by atoms with Crippen molar-refractivity contribution in [1.82, 2.24) is 5.32 Å². The van der Waals surface area contributed by atoms with E-state index in [1.54, 1.807) is 0 Å². The lowest BCUT2D eigenvalue weighted by molar-refractivity contribution is -0.113. The van der Waals surface area contributed by atoms with E-state index in [1.807, 2.05) is 0 Å². The molecule has 3 nitrogen and oxygen atoms in total.